The van der Waals surface area contributed by atoms with Gasteiger partial charge in [0.15, 0.2) is 0 Å². The number of hydrogen-bond donors (Lipinski definition) is 2. The quantitative estimate of drug-likeness (QED) is 0.559. The first-order valence-electron chi connectivity index (χ1n) is 3.32. The minimum absolute atomic E-state index is 0.0357. The van der Waals surface area contributed by atoms with Crippen LogP contribution in [0.5, 0.6) is 0 Å². The molecule has 1 fully saturated rings. The molecule has 58 valence electrons. The van der Waals surface area contributed by atoms with E-state index in [1.165, 1.54) is 0 Å². The molecule has 2 N–H and O–H groups in total. The Morgan fingerprint density at radius 1 is 1.80 bits per heavy atom. The van der Waals surface area contributed by atoms with E-state index in [9.17, 15) is 4.79 Å². The largest absolute Gasteiger partial charge is 0.480 e. The lowest BCUT2D eigenvalue weighted by atomic mass is 10.3. The Labute approximate surface area is 59.2 Å². The molecule has 0 amide bonds. The Morgan fingerprint density at radius 2 is 2.60 bits per heavy atom. The third kappa shape index (κ3) is 2.33. The summed E-state index contributed by atoms with van der Waals surface area (Å²) in [4.78, 5) is 10.1. The highest BCUT2D eigenvalue weighted by molar-refractivity contribution is 5.69. The van der Waals surface area contributed by atoms with Gasteiger partial charge in [0.05, 0.1) is 13.2 Å². The lowest BCUT2D eigenvalue weighted by Crippen LogP contribution is -2.33. The molecule has 1 rings (SSSR count). The van der Waals surface area contributed by atoms with E-state index < -0.39 is 5.97 Å². The first kappa shape index (κ1) is 7.50. The molecule has 1 saturated heterocycles. The standard InChI is InChI=1S/C6H11NO3/c8-6(9)3-7-5-1-2-10-4-5/h5,7H,1-4H2,(H,8,9). The topological polar surface area (TPSA) is 58.6 Å². The second-order valence-corrected chi connectivity index (χ2v) is 2.34. The lowest BCUT2D eigenvalue weighted by molar-refractivity contribution is -0.136. The summed E-state index contributed by atoms with van der Waals surface area (Å²) < 4.78 is 5.03. The monoisotopic (exact) mass is 145 g/mol. The van der Waals surface area contributed by atoms with Crippen molar-refractivity contribution in [3.05, 3.63) is 0 Å². The van der Waals surface area contributed by atoms with Gasteiger partial charge in [-0.3, -0.25) is 4.79 Å². The predicted octanol–water partition coefficient (Wildman–Crippen LogP) is -0.551. The van der Waals surface area contributed by atoms with Crippen molar-refractivity contribution in [1.82, 2.24) is 5.32 Å². The minimum atomic E-state index is -0.813. The number of carboxylic acids is 1. The fraction of sp³-hybridized carbons (Fsp3) is 0.833. The molecule has 0 aromatic rings. The maximum atomic E-state index is 10.1. The molecular weight excluding hydrogens is 134 g/mol. The first-order valence-corrected chi connectivity index (χ1v) is 3.32. The van der Waals surface area contributed by atoms with Gasteiger partial charge in [0.2, 0.25) is 0 Å². The number of hydrogen-bond acceptors (Lipinski definition) is 3. The van der Waals surface area contributed by atoms with Crippen LogP contribution in [0.25, 0.3) is 0 Å². The van der Waals surface area contributed by atoms with Crippen LogP contribution in [-0.2, 0) is 9.53 Å². The van der Waals surface area contributed by atoms with Crippen molar-refractivity contribution in [2.24, 2.45) is 0 Å². The fourth-order valence-electron chi connectivity index (χ4n) is 0.927. The minimum Gasteiger partial charge on any atom is -0.480 e. The maximum Gasteiger partial charge on any atom is 0.317 e. The molecule has 10 heavy (non-hydrogen) atoms. The SMILES string of the molecule is O=C(O)CNC1CCOC1. The summed E-state index contributed by atoms with van der Waals surface area (Å²) in [6, 6.07) is 0.246. The number of ether oxygens (including phenoxy) is 1. The molecule has 0 bridgehead atoms. The van der Waals surface area contributed by atoms with Crippen LogP contribution >= 0.6 is 0 Å². The van der Waals surface area contributed by atoms with Crippen LogP contribution in [0, 0.1) is 0 Å². The molecule has 0 aliphatic carbocycles. The van der Waals surface area contributed by atoms with Crippen molar-refractivity contribution in [2.75, 3.05) is 19.8 Å². The van der Waals surface area contributed by atoms with Gasteiger partial charge in [-0.15, -0.1) is 0 Å². The number of rotatable bonds is 3. The second-order valence-electron chi connectivity index (χ2n) is 2.34. The van der Waals surface area contributed by atoms with E-state index in [-0.39, 0.29) is 12.6 Å². The van der Waals surface area contributed by atoms with E-state index >= 15 is 0 Å². The van der Waals surface area contributed by atoms with Crippen molar-refractivity contribution in [3.8, 4) is 0 Å². The summed E-state index contributed by atoms with van der Waals surface area (Å²) in [5, 5.41) is 11.1. The third-order valence-corrected chi connectivity index (χ3v) is 1.47. The zero-order valence-electron chi connectivity index (χ0n) is 5.67. The number of nitrogens with one attached hydrogen (secondary N) is 1. The molecule has 0 spiro atoms. The molecule has 0 aromatic heterocycles. The van der Waals surface area contributed by atoms with E-state index in [0.29, 0.717) is 6.61 Å². The molecular formula is C6H11NO3. The van der Waals surface area contributed by atoms with Gasteiger partial charge in [0.25, 0.3) is 0 Å². The van der Waals surface area contributed by atoms with E-state index in [0.717, 1.165) is 13.0 Å². The molecule has 1 aliphatic rings. The summed E-state index contributed by atoms with van der Waals surface area (Å²) in [5.41, 5.74) is 0. The summed E-state index contributed by atoms with van der Waals surface area (Å²) in [7, 11) is 0. The van der Waals surface area contributed by atoms with E-state index in [1.807, 2.05) is 0 Å². The van der Waals surface area contributed by atoms with Crippen LogP contribution in [0.2, 0.25) is 0 Å². The van der Waals surface area contributed by atoms with Crippen molar-refractivity contribution >= 4 is 5.97 Å². The number of carbonyl (C=O) groups is 1. The molecule has 4 heteroatoms. The van der Waals surface area contributed by atoms with Crippen LogP contribution in [-0.4, -0.2) is 36.9 Å². The summed E-state index contributed by atoms with van der Waals surface area (Å²) in [6.45, 7) is 1.43. The third-order valence-electron chi connectivity index (χ3n) is 1.47. The molecule has 0 radical (unpaired) electrons. The Balaban J connectivity index is 2.07. The fourth-order valence-corrected chi connectivity index (χ4v) is 0.927. The summed E-state index contributed by atoms with van der Waals surface area (Å²) in [5.74, 6) is -0.813. The number of aliphatic carboxylic acids is 1. The highest BCUT2D eigenvalue weighted by Crippen LogP contribution is 2.01. The normalized spacial score (nSPS) is 25.0. The summed E-state index contributed by atoms with van der Waals surface area (Å²) >= 11 is 0. The highest BCUT2D eigenvalue weighted by atomic mass is 16.5. The second kappa shape index (κ2) is 3.53. The zero-order valence-corrected chi connectivity index (χ0v) is 5.67. The maximum absolute atomic E-state index is 10.1. The Morgan fingerprint density at radius 3 is 3.10 bits per heavy atom. The molecule has 1 aliphatic heterocycles. The van der Waals surface area contributed by atoms with Crippen LogP contribution in [0.3, 0.4) is 0 Å². The van der Waals surface area contributed by atoms with Gasteiger partial charge in [0.1, 0.15) is 0 Å². The van der Waals surface area contributed by atoms with E-state index in [4.69, 9.17) is 9.84 Å². The van der Waals surface area contributed by atoms with Crippen molar-refractivity contribution in [3.63, 3.8) is 0 Å². The van der Waals surface area contributed by atoms with Gasteiger partial charge in [-0.2, -0.15) is 0 Å². The van der Waals surface area contributed by atoms with Crippen molar-refractivity contribution in [1.29, 1.82) is 0 Å². The molecule has 1 atom stereocenters. The van der Waals surface area contributed by atoms with Crippen LogP contribution in [0.15, 0.2) is 0 Å². The predicted molar refractivity (Wildman–Crippen MR) is 34.9 cm³/mol. The van der Waals surface area contributed by atoms with Gasteiger partial charge < -0.3 is 15.2 Å². The average molecular weight is 145 g/mol. The van der Waals surface area contributed by atoms with Gasteiger partial charge in [-0.05, 0) is 6.42 Å². The Kier molecular flexibility index (Phi) is 2.65. The highest BCUT2D eigenvalue weighted by Gasteiger charge is 2.14. The molecule has 1 heterocycles. The smallest absolute Gasteiger partial charge is 0.317 e. The van der Waals surface area contributed by atoms with Crippen LogP contribution in [0.4, 0.5) is 0 Å². The van der Waals surface area contributed by atoms with Crippen molar-refractivity contribution in [2.45, 2.75) is 12.5 Å². The van der Waals surface area contributed by atoms with Gasteiger partial charge in [-0.1, -0.05) is 0 Å². The number of carboxylic acid groups (broad SMARTS) is 1. The molecule has 4 nitrogen and oxygen atoms in total. The van der Waals surface area contributed by atoms with Crippen LogP contribution < -0.4 is 5.32 Å². The Hall–Kier alpha value is -0.610. The van der Waals surface area contributed by atoms with Gasteiger partial charge in [0, 0.05) is 12.6 Å². The van der Waals surface area contributed by atoms with Crippen LogP contribution in [0.1, 0.15) is 6.42 Å². The first-order chi connectivity index (χ1) is 4.79. The zero-order chi connectivity index (χ0) is 7.40. The van der Waals surface area contributed by atoms with E-state index in [1.54, 1.807) is 0 Å². The van der Waals surface area contributed by atoms with Gasteiger partial charge in [-0.25, -0.2) is 0 Å². The van der Waals surface area contributed by atoms with E-state index in [2.05, 4.69) is 5.32 Å². The lowest BCUT2D eigenvalue weighted by Gasteiger charge is -2.06. The molecule has 1 unspecified atom stereocenters. The van der Waals surface area contributed by atoms with Crippen molar-refractivity contribution < 1.29 is 14.6 Å². The average Bonchev–Trinajstić information content (AvgIpc) is 2.34. The molecule has 0 aromatic carbocycles. The van der Waals surface area contributed by atoms with Gasteiger partial charge >= 0.3 is 5.97 Å². The molecule has 0 saturated carbocycles. The summed E-state index contributed by atoms with van der Waals surface area (Å²) in [6.07, 6.45) is 0.924. The Bertz CT molecular complexity index is 120.